The largest absolute Gasteiger partial charge is 0.398 e. The van der Waals surface area contributed by atoms with Crippen LogP contribution in [0.15, 0.2) is 59.4 Å². The summed E-state index contributed by atoms with van der Waals surface area (Å²) in [6, 6.07) is 0. The molecule has 1 heteroatoms. The van der Waals surface area contributed by atoms with Crippen LogP contribution >= 0.6 is 0 Å². The minimum Gasteiger partial charge on any atom is -0.398 e. The van der Waals surface area contributed by atoms with E-state index in [2.05, 4.69) is 27.0 Å². The molecule has 0 saturated heterocycles. The van der Waals surface area contributed by atoms with Crippen molar-refractivity contribution in [3.63, 3.8) is 0 Å². The van der Waals surface area contributed by atoms with E-state index in [-0.39, 0.29) is 0 Å². The Morgan fingerprint density at radius 3 is 2.00 bits per heavy atom. The lowest BCUT2D eigenvalue weighted by Crippen LogP contribution is -2.01. The Kier molecular flexibility index (Phi) is 5.46. The number of rotatable bonds is 4. The molecule has 0 fully saturated rings. The topological polar surface area (TPSA) is 26.0 Å². The molecule has 2 N–H and O–H groups in total. The Bertz CT molecular complexity index is 352. The molecule has 0 aliphatic rings. The second-order valence-corrected chi connectivity index (χ2v) is 3.78. The number of allylic oxidation sites excluding steroid dienone is 7. The number of hydrogen-bond donors (Lipinski definition) is 1. The quantitative estimate of drug-likeness (QED) is 0.689. The van der Waals surface area contributed by atoms with Gasteiger partial charge in [-0.15, -0.1) is 0 Å². The smallest absolute Gasteiger partial charge is 0.0348 e. The Labute approximate surface area is 93.4 Å². The van der Waals surface area contributed by atoms with Crippen molar-refractivity contribution in [3.05, 3.63) is 59.4 Å². The molecule has 0 saturated carbocycles. The summed E-state index contributed by atoms with van der Waals surface area (Å²) >= 11 is 0. The maximum absolute atomic E-state index is 5.94. The molecule has 0 unspecified atom stereocenters. The Balaban J connectivity index is 5.19. The Morgan fingerprint density at radius 1 is 1.07 bits per heavy atom. The summed E-state index contributed by atoms with van der Waals surface area (Å²) in [7, 11) is 0. The SMILES string of the molecule is C=C\C=C(C)/C(C)=C(C)/C(N)=C\C(=C)C. The minimum absolute atomic E-state index is 0.775. The van der Waals surface area contributed by atoms with E-state index in [4.69, 9.17) is 5.73 Å². The molecule has 1 nitrogen and oxygen atoms in total. The second-order valence-electron chi connectivity index (χ2n) is 3.78. The van der Waals surface area contributed by atoms with E-state index in [1.54, 1.807) is 6.08 Å². The van der Waals surface area contributed by atoms with E-state index in [9.17, 15) is 0 Å². The van der Waals surface area contributed by atoms with Gasteiger partial charge in [-0.25, -0.2) is 0 Å². The minimum atomic E-state index is 0.775. The summed E-state index contributed by atoms with van der Waals surface area (Å²) in [5, 5.41) is 0. The second kappa shape index (κ2) is 6.07. The number of hydrogen-bond acceptors (Lipinski definition) is 1. The zero-order valence-electron chi connectivity index (χ0n) is 10.2. The van der Waals surface area contributed by atoms with Gasteiger partial charge in [0.1, 0.15) is 0 Å². The maximum Gasteiger partial charge on any atom is 0.0348 e. The first-order chi connectivity index (χ1) is 6.90. The third kappa shape index (κ3) is 4.50. The van der Waals surface area contributed by atoms with Crippen LogP contribution in [0.4, 0.5) is 0 Å². The summed E-state index contributed by atoms with van der Waals surface area (Å²) in [6.45, 7) is 15.5. The van der Waals surface area contributed by atoms with Crippen LogP contribution < -0.4 is 5.73 Å². The molecular formula is C14H21N. The van der Waals surface area contributed by atoms with E-state index in [1.165, 1.54) is 11.1 Å². The van der Waals surface area contributed by atoms with Crippen molar-refractivity contribution in [2.24, 2.45) is 5.73 Å². The molecular weight excluding hydrogens is 182 g/mol. The highest BCUT2D eigenvalue weighted by Gasteiger charge is 2.01. The molecule has 0 aliphatic carbocycles. The van der Waals surface area contributed by atoms with Crippen molar-refractivity contribution in [3.8, 4) is 0 Å². The maximum atomic E-state index is 5.94. The van der Waals surface area contributed by atoms with E-state index in [0.29, 0.717) is 0 Å². The molecule has 0 atom stereocenters. The van der Waals surface area contributed by atoms with Crippen LogP contribution in [0.1, 0.15) is 27.7 Å². The molecule has 0 aromatic carbocycles. The zero-order chi connectivity index (χ0) is 12.0. The van der Waals surface area contributed by atoms with Gasteiger partial charge in [-0.2, -0.15) is 0 Å². The predicted octanol–water partition coefficient (Wildman–Crippen LogP) is 3.87. The fourth-order valence-corrected chi connectivity index (χ4v) is 1.19. The first-order valence-electron chi connectivity index (χ1n) is 5.00. The molecule has 0 aromatic heterocycles. The van der Waals surface area contributed by atoms with Gasteiger partial charge in [0.2, 0.25) is 0 Å². The van der Waals surface area contributed by atoms with Gasteiger partial charge in [0, 0.05) is 5.70 Å². The standard InChI is InChI=1S/C14H21N/c1-7-8-11(4)12(5)13(6)14(15)9-10(2)3/h7-9H,1-2,15H2,3-6H3/b11-8-,13-12+,14-9+. The van der Waals surface area contributed by atoms with Crippen molar-refractivity contribution in [2.45, 2.75) is 27.7 Å². The molecule has 15 heavy (non-hydrogen) atoms. The van der Waals surface area contributed by atoms with Crippen LogP contribution in [0.3, 0.4) is 0 Å². The van der Waals surface area contributed by atoms with Crippen molar-refractivity contribution in [1.82, 2.24) is 0 Å². The molecule has 0 bridgehead atoms. The van der Waals surface area contributed by atoms with Crippen molar-refractivity contribution >= 4 is 0 Å². The van der Waals surface area contributed by atoms with E-state index in [1.807, 2.05) is 26.0 Å². The first kappa shape index (κ1) is 13.5. The highest BCUT2D eigenvalue weighted by Crippen LogP contribution is 2.18. The van der Waals surface area contributed by atoms with Gasteiger partial charge in [-0.05, 0) is 50.5 Å². The van der Waals surface area contributed by atoms with Crippen LogP contribution in [0, 0.1) is 0 Å². The zero-order valence-corrected chi connectivity index (χ0v) is 10.2. The number of nitrogens with two attached hydrogens (primary N) is 1. The average Bonchev–Trinajstić information content (AvgIpc) is 2.14. The van der Waals surface area contributed by atoms with Gasteiger partial charge in [-0.1, -0.05) is 30.9 Å². The predicted molar refractivity (Wildman–Crippen MR) is 69.4 cm³/mol. The fraction of sp³-hybridized carbons (Fsp3) is 0.286. The van der Waals surface area contributed by atoms with E-state index in [0.717, 1.165) is 16.8 Å². The summed E-state index contributed by atoms with van der Waals surface area (Å²) in [4.78, 5) is 0. The summed E-state index contributed by atoms with van der Waals surface area (Å²) in [5.41, 5.74) is 11.1. The van der Waals surface area contributed by atoms with E-state index < -0.39 is 0 Å². The lowest BCUT2D eigenvalue weighted by molar-refractivity contribution is 1.19. The van der Waals surface area contributed by atoms with Crippen molar-refractivity contribution in [1.29, 1.82) is 0 Å². The highest BCUT2D eigenvalue weighted by atomic mass is 14.6. The monoisotopic (exact) mass is 203 g/mol. The van der Waals surface area contributed by atoms with Gasteiger partial charge < -0.3 is 5.73 Å². The van der Waals surface area contributed by atoms with Crippen molar-refractivity contribution in [2.75, 3.05) is 0 Å². The molecule has 0 aliphatic heterocycles. The Hall–Kier alpha value is -1.50. The first-order valence-corrected chi connectivity index (χ1v) is 5.00. The van der Waals surface area contributed by atoms with Crippen LogP contribution in [0.25, 0.3) is 0 Å². The van der Waals surface area contributed by atoms with Gasteiger partial charge in [0.25, 0.3) is 0 Å². The van der Waals surface area contributed by atoms with Crippen LogP contribution in [0.5, 0.6) is 0 Å². The molecule has 82 valence electrons. The third-order valence-electron chi connectivity index (χ3n) is 2.36. The average molecular weight is 203 g/mol. The normalized spacial score (nSPS) is 14.7. The molecule has 0 aromatic rings. The Morgan fingerprint density at radius 2 is 1.60 bits per heavy atom. The van der Waals surface area contributed by atoms with Gasteiger partial charge in [0.05, 0.1) is 0 Å². The van der Waals surface area contributed by atoms with Gasteiger partial charge in [-0.3, -0.25) is 0 Å². The summed E-state index contributed by atoms with van der Waals surface area (Å²) < 4.78 is 0. The van der Waals surface area contributed by atoms with Gasteiger partial charge in [0.15, 0.2) is 0 Å². The molecule has 0 rings (SSSR count). The lowest BCUT2D eigenvalue weighted by Gasteiger charge is -2.08. The molecule has 0 heterocycles. The van der Waals surface area contributed by atoms with Crippen LogP contribution in [0.2, 0.25) is 0 Å². The van der Waals surface area contributed by atoms with Gasteiger partial charge >= 0.3 is 0 Å². The van der Waals surface area contributed by atoms with Crippen molar-refractivity contribution < 1.29 is 0 Å². The molecule has 0 amide bonds. The molecule has 0 radical (unpaired) electrons. The lowest BCUT2D eigenvalue weighted by atomic mass is 10.0. The third-order valence-corrected chi connectivity index (χ3v) is 2.36. The van der Waals surface area contributed by atoms with Crippen LogP contribution in [-0.4, -0.2) is 0 Å². The highest BCUT2D eigenvalue weighted by molar-refractivity contribution is 5.43. The van der Waals surface area contributed by atoms with Crippen LogP contribution in [-0.2, 0) is 0 Å². The van der Waals surface area contributed by atoms with E-state index >= 15 is 0 Å². The summed E-state index contributed by atoms with van der Waals surface area (Å²) in [5.74, 6) is 0. The molecule has 0 spiro atoms. The summed E-state index contributed by atoms with van der Waals surface area (Å²) in [6.07, 6.45) is 5.65. The fourth-order valence-electron chi connectivity index (χ4n) is 1.19.